The molecule has 0 heterocycles. The summed E-state index contributed by atoms with van der Waals surface area (Å²) >= 11 is 0. The summed E-state index contributed by atoms with van der Waals surface area (Å²) in [5.74, 6) is -1.36. The minimum atomic E-state index is -2.08. The molecule has 22 heavy (non-hydrogen) atoms. The van der Waals surface area contributed by atoms with Crippen LogP contribution in [0.15, 0.2) is 0 Å². The number of carbonyl (C=O) groups is 3. The van der Waals surface area contributed by atoms with Crippen LogP contribution < -0.4 is 11.1 Å². The van der Waals surface area contributed by atoms with Gasteiger partial charge in [-0.25, -0.2) is 0 Å². The summed E-state index contributed by atoms with van der Waals surface area (Å²) in [5.41, 5.74) is 5.25. The van der Waals surface area contributed by atoms with Crippen molar-refractivity contribution in [1.82, 2.24) is 5.32 Å². The Morgan fingerprint density at radius 2 is 1.50 bits per heavy atom. The number of rotatable bonds is 8. The van der Waals surface area contributed by atoms with E-state index in [2.05, 4.69) is 5.32 Å². The van der Waals surface area contributed by atoms with E-state index in [4.69, 9.17) is 14.6 Å². The predicted octanol–water partition coefficient (Wildman–Crippen LogP) is 0.966. The molecule has 0 saturated heterocycles. The molecule has 0 saturated carbocycles. The topological polar surface area (TPSA) is 108 Å². The fraction of sp³-hybridized carbons (Fsp3) is 0.769. The molecular formula is C13H28N2O5Si2. The van der Waals surface area contributed by atoms with Crippen molar-refractivity contribution in [2.75, 3.05) is 6.54 Å². The molecule has 0 aromatic carbocycles. The van der Waals surface area contributed by atoms with Gasteiger partial charge in [0.2, 0.25) is 22.5 Å². The summed E-state index contributed by atoms with van der Waals surface area (Å²) in [7, 11) is -4.04. The Hall–Kier alpha value is -1.20. The smallest absolute Gasteiger partial charge is 0.315 e. The predicted molar refractivity (Wildman–Crippen MR) is 89.1 cm³/mol. The molecule has 0 spiro atoms. The molecule has 0 aliphatic rings. The van der Waals surface area contributed by atoms with Gasteiger partial charge in [-0.2, -0.15) is 0 Å². The van der Waals surface area contributed by atoms with Crippen LogP contribution in [0.25, 0.3) is 0 Å². The minimum Gasteiger partial charge on any atom is -0.520 e. The maximum absolute atomic E-state index is 12.1. The van der Waals surface area contributed by atoms with Crippen molar-refractivity contribution < 1.29 is 23.2 Å². The third-order valence-electron chi connectivity index (χ3n) is 2.27. The van der Waals surface area contributed by atoms with Crippen LogP contribution in [-0.2, 0) is 23.2 Å². The Bertz CT molecular complexity index is 416. The molecule has 0 aromatic rings. The highest BCUT2D eigenvalue weighted by Crippen LogP contribution is 2.10. The van der Waals surface area contributed by atoms with Gasteiger partial charge < -0.3 is 19.9 Å². The van der Waals surface area contributed by atoms with E-state index in [1.165, 1.54) is 0 Å². The lowest BCUT2D eigenvalue weighted by Gasteiger charge is -2.24. The molecule has 0 radical (unpaired) electrons. The average molecular weight is 349 g/mol. The standard InChI is InChI=1S/C13H28N2O5Si2/c1-21(2,3)19-12(17)8-7-10(15-11(16)9-14)13(18)20-22(4,5)6/h10H,7-9,14H2,1-6H3,(H,15,16). The van der Waals surface area contributed by atoms with Crippen molar-refractivity contribution in [3.8, 4) is 0 Å². The lowest BCUT2D eigenvalue weighted by atomic mass is 10.1. The van der Waals surface area contributed by atoms with Crippen LogP contribution in [0.5, 0.6) is 0 Å². The molecule has 0 bridgehead atoms. The van der Waals surface area contributed by atoms with Crippen LogP contribution in [0.3, 0.4) is 0 Å². The van der Waals surface area contributed by atoms with Crippen LogP contribution in [0.4, 0.5) is 0 Å². The van der Waals surface area contributed by atoms with Gasteiger partial charge in [0.1, 0.15) is 6.04 Å². The van der Waals surface area contributed by atoms with E-state index in [-0.39, 0.29) is 25.4 Å². The van der Waals surface area contributed by atoms with Crippen molar-refractivity contribution in [2.24, 2.45) is 5.73 Å². The number of hydrogen-bond acceptors (Lipinski definition) is 6. The van der Waals surface area contributed by atoms with E-state index in [1.54, 1.807) is 0 Å². The van der Waals surface area contributed by atoms with Crippen molar-refractivity contribution >= 4 is 34.5 Å². The van der Waals surface area contributed by atoms with Gasteiger partial charge in [-0.05, 0) is 45.7 Å². The quantitative estimate of drug-likeness (QED) is 0.633. The molecular weight excluding hydrogens is 320 g/mol. The molecule has 1 amide bonds. The van der Waals surface area contributed by atoms with Gasteiger partial charge in [-0.3, -0.25) is 14.4 Å². The van der Waals surface area contributed by atoms with Gasteiger partial charge in [0.25, 0.3) is 5.97 Å². The number of nitrogens with two attached hydrogens (primary N) is 1. The molecule has 1 unspecified atom stereocenters. The van der Waals surface area contributed by atoms with Crippen LogP contribution >= 0.6 is 0 Å². The molecule has 3 N–H and O–H groups in total. The van der Waals surface area contributed by atoms with Crippen LogP contribution in [0.2, 0.25) is 39.3 Å². The second kappa shape index (κ2) is 8.44. The van der Waals surface area contributed by atoms with Crippen LogP contribution in [0.1, 0.15) is 12.8 Å². The van der Waals surface area contributed by atoms with Gasteiger partial charge in [0, 0.05) is 6.42 Å². The monoisotopic (exact) mass is 348 g/mol. The summed E-state index contributed by atoms with van der Waals surface area (Å²) in [4.78, 5) is 35.3. The van der Waals surface area contributed by atoms with Crippen molar-refractivity contribution in [1.29, 1.82) is 0 Å². The van der Waals surface area contributed by atoms with Gasteiger partial charge in [0.05, 0.1) is 6.54 Å². The second-order valence-corrected chi connectivity index (χ2v) is 15.8. The van der Waals surface area contributed by atoms with Gasteiger partial charge >= 0.3 is 5.97 Å². The van der Waals surface area contributed by atoms with Crippen molar-refractivity contribution in [3.05, 3.63) is 0 Å². The Balaban J connectivity index is 4.70. The summed E-state index contributed by atoms with van der Waals surface area (Å²) in [6.07, 6.45) is 0.180. The molecule has 1 atom stereocenters. The van der Waals surface area contributed by atoms with E-state index < -0.39 is 34.6 Å². The summed E-state index contributed by atoms with van der Waals surface area (Å²) in [6, 6.07) is -0.878. The molecule has 7 nitrogen and oxygen atoms in total. The van der Waals surface area contributed by atoms with Gasteiger partial charge in [-0.15, -0.1) is 0 Å². The van der Waals surface area contributed by atoms with Crippen LogP contribution in [0, 0.1) is 0 Å². The highest BCUT2D eigenvalue weighted by atomic mass is 28.4. The first-order valence-electron chi connectivity index (χ1n) is 7.28. The Kier molecular flexibility index (Phi) is 7.98. The number of carbonyl (C=O) groups excluding carboxylic acids is 3. The van der Waals surface area contributed by atoms with E-state index >= 15 is 0 Å². The first-order valence-corrected chi connectivity index (χ1v) is 14.1. The zero-order valence-corrected chi connectivity index (χ0v) is 16.3. The summed E-state index contributed by atoms with van der Waals surface area (Å²) in [5, 5.41) is 2.49. The summed E-state index contributed by atoms with van der Waals surface area (Å²) < 4.78 is 10.7. The minimum absolute atomic E-state index is 0.0422. The first kappa shape index (κ1) is 20.8. The third-order valence-corrected chi connectivity index (χ3v) is 3.92. The number of hydrogen-bond donors (Lipinski definition) is 2. The number of nitrogens with one attached hydrogen (secondary N) is 1. The molecule has 0 aliphatic heterocycles. The zero-order valence-electron chi connectivity index (χ0n) is 14.3. The number of amides is 1. The van der Waals surface area contributed by atoms with Gasteiger partial charge in [-0.1, -0.05) is 0 Å². The van der Waals surface area contributed by atoms with E-state index in [0.717, 1.165) is 0 Å². The first-order chi connectivity index (χ1) is 9.84. The highest BCUT2D eigenvalue weighted by molar-refractivity contribution is 6.71. The maximum Gasteiger partial charge on any atom is 0.315 e. The molecule has 9 heteroatoms. The molecule has 0 aromatic heterocycles. The largest absolute Gasteiger partial charge is 0.520 e. The van der Waals surface area contributed by atoms with Crippen LogP contribution in [-0.4, -0.2) is 47.1 Å². The normalized spacial score (nSPS) is 13.2. The molecule has 128 valence electrons. The summed E-state index contributed by atoms with van der Waals surface area (Å²) in [6.45, 7) is 11.1. The SMILES string of the molecule is C[Si](C)(C)OC(=O)CCC(NC(=O)CN)C(=O)O[Si](C)(C)C. The molecule has 0 rings (SSSR count). The average Bonchev–Trinajstić information content (AvgIpc) is 2.29. The Labute approximate surface area is 134 Å². The zero-order chi connectivity index (χ0) is 17.6. The van der Waals surface area contributed by atoms with E-state index in [9.17, 15) is 14.4 Å². The lowest BCUT2D eigenvalue weighted by Crippen LogP contribution is -2.47. The Morgan fingerprint density at radius 3 is 1.91 bits per heavy atom. The van der Waals surface area contributed by atoms with Crippen molar-refractivity contribution in [2.45, 2.75) is 58.2 Å². The highest BCUT2D eigenvalue weighted by Gasteiger charge is 2.29. The maximum atomic E-state index is 12.1. The Morgan fingerprint density at radius 1 is 1.00 bits per heavy atom. The van der Waals surface area contributed by atoms with Gasteiger partial charge in [0.15, 0.2) is 0 Å². The molecule has 0 aliphatic carbocycles. The third kappa shape index (κ3) is 10.5. The lowest BCUT2D eigenvalue weighted by molar-refractivity contribution is -0.141. The van der Waals surface area contributed by atoms with E-state index in [1.807, 2.05) is 39.3 Å². The fourth-order valence-electron chi connectivity index (χ4n) is 1.53. The van der Waals surface area contributed by atoms with Crippen molar-refractivity contribution in [3.63, 3.8) is 0 Å². The fourth-order valence-corrected chi connectivity index (χ4v) is 3.06. The van der Waals surface area contributed by atoms with E-state index in [0.29, 0.717) is 0 Å². The molecule has 0 fully saturated rings. The second-order valence-electron chi connectivity index (χ2n) is 6.98.